The van der Waals surface area contributed by atoms with Crippen molar-refractivity contribution in [3.05, 3.63) is 52.6 Å². The van der Waals surface area contributed by atoms with Gasteiger partial charge in [-0.2, -0.15) is 5.10 Å². The lowest BCUT2D eigenvalue weighted by atomic mass is 10.2. The molecule has 2 N–H and O–H groups in total. The summed E-state index contributed by atoms with van der Waals surface area (Å²) in [5, 5.41) is 4.65. The third kappa shape index (κ3) is 2.23. The molecule has 1 heterocycles. The highest BCUT2D eigenvalue weighted by Gasteiger charge is 2.07. The Hall–Kier alpha value is -1.39. The number of aromatic nitrogens is 2. The van der Waals surface area contributed by atoms with E-state index in [-0.39, 0.29) is 5.82 Å². The molecule has 3 nitrogen and oxygen atoms in total. The van der Waals surface area contributed by atoms with Crippen molar-refractivity contribution in [2.24, 2.45) is 5.73 Å². The maximum atomic E-state index is 12.7. The van der Waals surface area contributed by atoms with Crippen molar-refractivity contribution in [2.45, 2.75) is 13.1 Å². The Balaban J connectivity index is 2.20. The first kappa shape index (κ1) is 11.1. The molecule has 16 heavy (non-hydrogen) atoms. The fourth-order valence-electron chi connectivity index (χ4n) is 1.42. The van der Waals surface area contributed by atoms with Gasteiger partial charge in [0.25, 0.3) is 0 Å². The Labute approximate surface area is 97.6 Å². The molecule has 2 aromatic rings. The van der Waals surface area contributed by atoms with E-state index in [0.717, 1.165) is 11.1 Å². The van der Waals surface area contributed by atoms with Gasteiger partial charge in [-0.05, 0) is 17.7 Å². The van der Waals surface area contributed by atoms with Crippen molar-refractivity contribution in [1.29, 1.82) is 0 Å². The first-order valence-corrected chi connectivity index (χ1v) is 5.23. The van der Waals surface area contributed by atoms with Crippen LogP contribution in [0.2, 0.25) is 5.15 Å². The monoisotopic (exact) mass is 239 g/mol. The zero-order valence-corrected chi connectivity index (χ0v) is 9.28. The molecule has 0 bridgehead atoms. The highest BCUT2D eigenvalue weighted by Crippen LogP contribution is 2.16. The van der Waals surface area contributed by atoms with Crippen LogP contribution in [-0.2, 0) is 13.1 Å². The third-order valence-electron chi connectivity index (χ3n) is 2.31. The molecule has 0 fully saturated rings. The van der Waals surface area contributed by atoms with Crippen LogP contribution in [0.3, 0.4) is 0 Å². The van der Waals surface area contributed by atoms with Crippen LogP contribution in [0.4, 0.5) is 4.39 Å². The zero-order valence-electron chi connectivity index (χ0n) is 8.53. The van der Waals surface area contributed by atoms with Crippen LogP contribution in [0.1, 0.15) is 11.1 Å². The third-order valence-corrected chi connectivity index (χ3v) is 2.75. The van der Waals surface area contributed by atoms with Crippen molar-refractivity contribution >= 4 is 11.6 Å². The van der Waals surface area contributed by atoms with E-state index in [1.807, 2.05) is 0 Å². The van der Waals surface area contributed by atoms with Crippen molar-refractivity contribution in [2.75, 3.05) is 0 Å². The number of hydrogen-bond acceptors (Lipinski definition) is 2. The van der Waals surface area contributed by atoms with Crippen LogP contribution in [0.25, 0.3) is 0 Å². The minimum Gasteiger partial charge on any atom is -0.326 e. The second-order valence-electron chi connectivity index (χ2n) is 3.45. The molecule has 84 valence electrons. The first-order valence-electron chi connectivity index (χ1n) is 4.85. The quantitative estimate of drug-likeness (QED) is 0.892. The van der Waals surface area contributed by atoms with E-state index in [1.54, 1.807) is 23.0 Å². The fourth-order valence-corrected chi connectivity index (χ4v) is 1.65. The van der Waals surface area contributed by atoms with Crippen LogP contribution in [0, 0.1) is 5.82 Å². The van der Waals surface area contributed by atoms with Gasteiger partial charge in [0.2, 0.25) is 0 Å². The Morgan fingerprint density at radius 3 is 2.56 bits per heavy atom. The van der Waals surface area contributed by atoms with Crippen molar-refractivity contribution in [3.63, 3.8) is 0 Å². The summed E-state index contributed by atoms with van der Waals surface area (Å²) in [4.78, 5) is 0. The first-order chi connectivity index (χ1) is 7.70. The molecule has 0 saturated heterocycles. The van der Waals surface area contributed by atoms with Crippen LogP contribution in [-0.4, -0.2) is 9.78 Å². The number of halogens is 2. The number of hydrogen-bond donors (Lipinski definition) is 1. The summed E-state index contributed by atoms with van der Waals surface area (Å²) < 4.78 is 14.3. The van der Waals surface area contributed by atoms with Crippen LogP contribution >= 0.6 is 11.6 Å². The summed E-state index contributed by atoms with van der Waals surface area (Å²) in [6.45, 7) is 0.876. The lowest BCUT2D eigenvalue weighted by molar-refractivity contribution is 0.624. The highest BCUT2D eigenvalue weighted by molar-refractivity contribution is 6.30. The summed E-state index contributed by atoms with van der Waals surface area (Å²) in [6, 6.07) is 6.23. The average molecular weight is 240 g/mol. The fraction of sp³-hybridized carbons (Fsp3) is 0.182. The van der Waals surface area contributed by atoms with E-state index in [2.05, 4.69) is 5.10 Å². The van der Waals surface area contributed by atoms with Gasteiger partial charge < -0.3 is 5.73 Å². The molecule has 0 atom stereocenters. The van der Waals surface area contributed by atoms with Gasteiger partial charge in [-0.3, -0.25) is 0 Å². The molecular weight excluding hydrogens is 229 g/mol. The summed E-state index contributed by atoms with van der Waals surface area (Å²) in [5.74, 6) is -0.252. The Morgan fingerprint density at radius 1 is 1.31 bits per heavy atom. The van der Waals surface area contributed by atoms with Gasteiger partial charge in [0.15, 0.2) is 0 Å². The minimum absolute atomic E-state index is 0.252. The van der Waals surface area contributed by atoms with Crippen molar-refractivity contribution < 1.29 is 4.39 Å². The van der Waals surface area contributed by atoms with Crippen molar-refractivity contribution in [1.82, 2.24) is 9.78 Å². The number of benzene rings is 1. The molecule has 2 rings (SSSR count). The molecule has 0 amide bonds. The normalized spacial score (nSPS) is 10.7. The summed E-state index contributed by atoms with van der Waals surface area (Å²) in [7, 11) is 0. The molecule has 0 spiro atoms. The molecule has 0 saturated carbocycles. The van der Waals surface area contributed by atoms with E-state index >= 15 is 0 Å². The maximum absolute atomic E-state index is 12.7. The van der Waals surface area contributed by atoms with Crippen LogP contribution in [0.15, 0.2) is 30.5 Å². The molecule has 0 aliphatic carbocycles. The summed E-state index contributed by atoms with van der Waals surface area (Å²) in [6.07, 6.45) is 1.64. The molecule has 1 aromatic carbocycles. The van der Waals surface area contributed by atoms with Crippen molar-refractivity contribution in [3.8, 4) is 0 Å². The molecule has 5 heteroatoms. The van der Waals surface area contributed by atoms with E-state index in [9.17, 15) is 4.39 Å². The van der Waals surface area contributed by atoms with E-state index in [4.69, 9.17) is 17.3 Å². The SMILES string of the molecule is NCc1cnn(Cc2ccc(F)cc2)c1Cl. The summed E-state index contributed by atoms with van der Waals surface area (Å²) >= 11 is 6.05. The van der Waals surface area contributed by atoms with E-state index < -0.39 is 0 Å². The van der Waals surface area contributed by atoms with E-state index in [1.165, 1.54) is 12.1 Å². The molecule has 0 aliphatic heterocycles. The molecule has 1 aromatic heterocycles. The molecule has 0 radical (unpaired) electrons. The zero-order chi connectivity index (χ0) is 11.5. The Morgan fingerprint density at radius 2 is 2.00 bits per heavy atom. The topological polar surface area (TPSA) is 43.8 Å². The van der Waals surface area contributed by atoms with Gasteiger partial charge in [0.1, 0.15) is 11.0 Å². The largest absolute Gasteiger partial charge is 0.326 e. The molecule has 0 unspecified atom stereocenters. The number of nitrogens with zero attached hydrogens (tertiary/aromatic N) is 2. The minimum atomic E-state index is -0.252. The summed E-state index contributed by atoms with van der Waals surface area (Å²) in [5.41, 5.74) is 7.24. The average Bonchev–Trinajstić information content (AvgIpc) is 2.63. The van der Waals surface area contributed by atoms with Crippen LogP contribution in [0.5, 0.6) is 0 Å². The van der Waals surface area contributed by atoms with Gasteiger partial charge in [-0.15, -0.1) is 0 Å². The highest BCUT2D eigenvalue weighted by atomic mass is 35.5. The maximum Gasteiger partial charge on any atom is 0.131 e. The number of nitrogens with two attached hydrogens (primary N) is 1. The molecule has 0 aliphatic rings. The van der Waals surface area contributed by atoms with Gasteiger partial charge in [-0.1, -0.05) is 23.7 Å². The van der Waals surface area contributed by atoms with Gasteiger partial charge in [0, 0.05) is 12.1 Å². The van der Waals surface area contributed by atoms with E-state index in [0.29, 0.717) is 18.2 Å². The van der Waals surface area contributed by atoms with Gasteiger partial charge >= 0.3 is 0 Å². The lowest BCUT2D eigenvalue weighted by Crippen LogP contribution is -2.02. The Bertz CT molecular complexity index is 478. The predicted molar refractivity (Wildman–Crippen MR) is 60.6 cm³/mol. The second-order valence-corrected chi connectivity index (χ2v) is 3.81. The number of rotatable bonds is 3. The Kier molecular flexibility index (Phi) is 3.22. The smallest absolute Gasteiger partial charge is 0.131 e. The van der Waals surface area contributed by atoms with Gasteiger partial charge in [0.05, 0.1) is 12.7 Å². The molecular formula is C11H11ClFN3. The standard InChI is InChI=1S/C11H11ClFN3/c12-11-9(5-14)6-15-16(11)7-8-1-3-10(13)4-2-8/h1-4,6H,5,7,14H2. The second kappa shape index (κ2) is 4.63. The van der Waals surface area contributed by atoms with Crippen LogP contribution < -0.4 is 5.73 Å². The predicted octanol–water partition coefficient (Wildman–Crippen LogP) is 2.18. The van der Waals surface area contributed by atoms with Gasteiger partial charge in [-0.25, -0.2) is 9.07 Å². The lowest BCUT2D eigenvalue weighted by Gasteiger charge is -2.03.